The van der Waals surface area contributed by atoms with Gasteiger partial charge in [-0.2, -0.15) is 0 Å². The Morgan fingerprint density at radius 1 is 1.64 bits per heavy atom. The van der Waals surface area contributed by atoms with Crippen molar-refractivity contribution in [1.29, 1.82) is 0 Å². The molecule has 3 heteroatoms. The summed E-state index contributed by atoms with van der Waals surface area (Å²) in [6, 6.07) is 4.19. The van der Waals surface area contributed by atoms with Gasteiger partial charge in [0.2, 0.25) is 0 Å². The fourth-order valence-corrected chi connectivity index (χ4v) is 2.19. The first kappa shape index (κ1) is 9.74. The van der Waals surface area contributed by atoms with Crippen molar-refractivity contribution in [2.24, 2.45) is 11.7 Å². The molecule has 78 valence electrons. The van der Waals surface area contributed by atoms with Crippen LogP contribution in [0.1, 0.15) is 19.0 Å². The molecule has 1 aromatic rings. The molecule has 1 aliphatic rings. The lowest BCUT2D eigenvalue weighted by Gasteiger charge is -2.45. The Bertz CT molecular complexity index is 277. The van der Waals surface area contributed by atoms with E-state index >= 15 is 0 Å². The van der Waals surface area contributed by atoms with Gasteiger partial charge in [0.1, 0.15) is 0 Å². The molecule has 0 radical (unpaired) electrons. The van der Waals surface area contributed by atoms with E-state index in [1.54, 1.807) is 0 Å². The van der Waals surface area contributed by atoms with Crippen LogP contribution in [0.5, 0.6) is 0 Å². The van der Waals surface area contributed by atoms with Crippen LogP contribution in [0.25, 0.3) is 0 Å². The van der Waals surface area contributed by atoms with Gasteiger partial charge in [0.15, 0.2) is 0 Å². The van der Waals surface area contributed by atoms with Gasteiger partial charge in [-0.25, -0.2) is 0 Å². The topological polar surface area (TPSA) is 51.0 Å². The van der Waals surface area contributed by atoms with Gasteiger partial charge in [-0.05, 0) is 31.0 Å². The highest BCUT2D eigenvalue weighted by molar-refractivity contribution is 5.22. The molecule has 0 aliphatic carbocycles. The second-order valence-electron chi connectivity index (χ2n) is 4.21. The van der Waals surface area contributed by atoms with Gasteiger partial charge < -0.3 is 15.5 Å². The lowest BCUT2D eigenvalue weighted by Crippen LogP contribution is -2.52. The van der Waals surface area contributed by atoms with Crippen LogP contribution >= 0.6 is 0 Å². The van der Waals surface area contributed by atoms with E-state index in [0.29, 0.717) is 5.92 Å². The van der Waals surface area contributed by atoms with Crippen LogP contribution in [0.3, 0.4) is 0 Å². The van der Waals surface area contributed by atoms with Crippen LogP contribution in [0.4, 0.5) is 0 Å². The number of aromatic nitrogens is 1. The maximum atomic E-state index is 5.61. The number of nitrogens with one attached hydrogen (secondary N) is 1. The number of H-pyrrole nitrogens is 1. The van der Waals surface area contributed by atoms with E-state index in [1.165, 1.54) is 5.69 Å². The molecular weight excluding hydrogens is 176 g/mol. The zero-order chi connectivity index (χ0) is 10.0. The first-order valence-electron chi connectivity index (χ1n) is 5.21. The van der Waals surface area contributed by atoms with Crippen molar-refractivity contribution in [3.63, 3.8) is 0 Å². The molecule has 1 fully saturated rings. The second kappa shape index (κ2) is 3.75. The summed E-state index contributed by atoms with van der Waals surface area (Å²) in [4.78, 5) is 3.30. The minimum Gasteiger partial charge on any atom is -0.379 e. The highest BCUT2D eigenvalue weighted by atomic mass is 16.5. The molecule has 3 N–H and O–H groups in total. The van der Waals surface area contributed by atoms with E-state index < -0.39 is 0 Å². The quantitative estimate of drug-likeness (QED) is 0.758. The molecule has 1 saturated heterocycles. The summed E-state index contributed by atoms with van der Waals surface area (Å²) in [6.45, 7) is 4.67. The molecule has 3 nitrogen and oxygen atoms in total. The van der Waals surface area contributed by atoms with Crippen LogP contribution in [0, 0.1) is 5.92 Å². The minimum absolute atomic E-state index is 0.197. The summed E-state index contributed by atoms with van der Waals surface area (Å²) >= 11 is 0. The number of hydrogen-bond donors (Lipinski definition) is 2. The van der Waals surface area contributed by atoms with Crippen LogP contribution < -0.4 is 5.73 Å². The third kappa shape index (κ3) is 1.37. The number of hydrogen-bond acceptors (Lipinski definition) is 2. The van der Waals surface area contributed by atoms with Crippen molar-refractivity contribution < 1.29 is 4.74 Å². The third-order valence-electron chi connectivity index (χ3n) is 3.40. The molecular formula is C11H18N2O. The fourth-order valence-electron chi connectivity index (χ4n) is 2.19. The normalized spacial score (nSPS) is 21.6. The summed E-state index contributed by atoms with van der Waals surface area (Å²) < 4.78 is 5.37. The van der Waals surface area contributed by atoms with Crippen molar-refractivity contribution in [2.75, 3.05) is 19.8 Å². The highest BCUT2D eigenvalue weighted by Crippen LogP contribution is 2.39. The molecule has 0 amide bonds. The van der Waals surface area contributed by atoms with Gasteiger partial charge in [-0.1, -0.05) is 6.92 Å². The molecule has 1 aromatic heterocycles. The van der Waals surface area contributed by atoms with Crippen molar-refractivity contribution in [3.8, 4) is 0 Å². The number of rotatable bonds is 4. The standard InChI is InChI=1S/C11H18N2O/c1-9(4-5-12)11(7-14-8-11)10-3-2-6-13-10/h2-3,6,9,13H,4-5,7-8,12H2,1H3. The summed E-state index contributed by atoms with van der Waals surface area (Å²) in [5, 5.41) is 0. The molecule has 1 atom stereocenters. The molecule has 0 bridgehead atoms. The summed E-state index contributed by atoms with van der Waals surface area (Å²) in [5.41, 5.74) is 7.10. The van der Waals surface area contributed by atoms with Crippen molar-refractivity contribution in [2.45, 2.75) is 18.8 Å². The van der Waals surface area contributed by atoms with Crippen LogP contribution in [0.2, 0.25) is 0 Å². The summed E-state index contributed by atoms with van der Waals surface area (Å²) in [7, 11) is 0. The van der Waals surface area contributed by atoms with Gasteiger partial charge in [-0.3, -0.25) is 0 Å². The predicted molar refractivity (Wildman–Crippen MR) is 56.1 cm³/mol. The molecule has 2 heterocycles. The first-order chi connectivity index (χ1) is 6.79. The second-order valence-corrected chi connectivity index (χ2v) is 4.21. The minimum atomic E-state index is 0.197. The lowest BCUT2D eigenvalue weighted by molar-refractivity contribution is -0.0902. The van der Waals surface area contributed by atoms with E-state index in [0.717, 1.165) is 26.2 Å². The maximum absolute atomic E-state index is 5.61. The number of aromatic amines is 1. The van der Waals surface area contributed by atoms with E-state index in [4.69, 9.17) is 10.5 Å². The maximum Gasteiger partial charge on any atom is 0.0602 e. The molecule has 14 heavy (non-hydrogen) atoms. The summed E-state index contributed by atoms with van der Waals surface area (Å²) in [5.74, 6) is 0.583. The third-order valence-corrected chi connectivity index (χ3v) is 3.40. The first-order valence-corrected chi connectivity index (χ1v) is 5.21. The van der Waals surface area contributed by atoms with E-state index in [9.17, 15) is 0 Å². The average molecular weight is 194 g/mol. The zero-order valence-corrected chi connectivity index (χ0v) is 8.62. The Kier molecular flexibility index (Phi) is 2.61. The monoisotopic (exact) mass is 194 g/mol. The smallest absolute Gasteiger partial charge is 0.0602 e. The molecule has 0 aromatic carbocycles. The lowest BCUT2D eigenvalue weighted by atomic mass is 9.70. The van der Waals surface area contributed by atoms with E-state index in [-0.39, 0.29) is 5.41 Å². The van der Waals surface area contributed by atoms with Crippen molar-refractivity contribution in [3.05, 3.63) is 24.0 Å². The Balaban J connectivity index is 2.17. The fraction of sp³-hybridized carbons (Fsp3) is 0.636. The van der Waals surface area contributed by atoms with Crippen molar-refractivity contribution >= 4 is 0 Å². The SMILES string of the molecule is CC(CCN)C1(c2ccc[nH]2)COC1. The van der Waals surface area contributed by atoms with Crippen LogP contribution in [-0.4, -0.2) is 24.7 Å². The zero-order valence-electron chi connectivity index (χ0n) is 8.62. The Labute approximate surface area is 84.6 Å². The van der Waals surface area contributed by atoms with Crippen LogP contribution in [-0.2, 0) is 10.2 Å². The predicted octanol–water partition coefficient (Wildman–Crippen LogP) is 1.27. The Hall–Kier alpha value is -0.800. The van der Waals surface area contributed by atoms with Gasteiger partial charge in [0, 0.05) is 11.9 Å². The number of ether oxygens (including phenoxy) is 1. The van der Waals surface area contributed by atoms with Crippen LogP contribution in [0.15, 0.2) is 18.3 Å². The van der Waals surface area contributed by atoms with Gasteiger partial charge in [0.25, 0.3) is 0 Å². The highest BCUT2D eigenvalue weighted by Gasteiger charge is 2.45. The Morgan fingerprint density at radius 2 is 2.43 bits per heavy atom. The van der Waals surface area contributed by atoms with E-state index in [2.05, 4.69) is 18.0 Å². The molecule has 0 spiro atoms. The molecule has 1 unspecified atom stereocenters. The Morgan fingerprint density at radius 3 is 2.86 bits per heavy atom. The molecule has 1 aliphatic heterocycles. The van der Waals surface area contributed by atoms with E-state index in [1.807, 2.05) is 12.3 Å². The molecule has 2 rings (SSSR count). The average Bonchev–Trinajstić information content (AvgIpc) is 2.56. The van der Waals surface area contributed by atoms with Gasteiger partial charge in [0.05, 0.1) is 18.6 Å². The largest absolute Gasteiger partial charge is 0.379 e. The van der Waals surface area contributed by atoms with Gasteiger partial charge in [-0.15, -0.1) is 0 Å². The molecule has 0 saturated carbocycles. The van der Waals surface area contributed by atoms with Gasteiger partial charge >= 0.3 is 0 Å². The number of nitrogens with two attached hydrogens (primary N) is 1. The summed E-state index contributed by atoms with van der Waals surface area (Å²) in [6.07, 6.45) is 3.03. The van der Waals surface area contributed by atoms with Crippen molar-refractivity contribution in [1.82, 2.24) is 4.98 Å².